The van der Waals surface area contributed by atoms with E-state index in [1.807, 2.05) is 15.9 Å². The van der Waals surface area contributed by atoms with Crippen molar-refractivity contribution in [2.45, 2.75) is 61.8 Å². The van der Waals surface area contributed by atoms with Gasteiger partial charge in [0.25, 0.3) is 0 Å². The van der Waals surface area contributed by atoms with E-state index in [2.05, 4.69) is 16.3 Å². The highest BCUT2D eigenvalue weighted by atomic mass is 35.5. The van der Waals surface area contributed by atoms with Crippen molar-refractivity contribution in [3.05, 3.63) is 57.1 Å². The molecule has 3 aromatic rings. The second kappa shape index (κ2) is 12.4. The Kier molecular flexibility index (Phi) is 7.98. The number of ether oxygens (including phenoxy) is 3. The summed E-state index contributed by atoms with van der Waals surface area (Å²) in [6, 6.07) is 6.48. The third-order valence-corrected chi connectivity index (χ3v) is 12.7. The maximum atomic E-state index is 17.7. The van der Waals surface area contributed by atoms with Gasteiger partial charge in [-0.1, -0.05) is 17.7 Å². The molecule has 0 bridgehead atoms. The van der Waals surface area contributed by atoms with Crippen molar-refractivity contribution < 1.29 is 37.3 Å². The predicted molar refractivity (Wildman–Crippen MR) is 186 cm³/mol. The Morgan fingerprint density at radius 1 is 1.26 bits per heavy atom. The van der Waals surface area contributed by atoms with E-state index in [1.165, 1.54) is 6.07 Å². The van der Waals surface area contributed by atoms with E-state index >= 15 is 8.78 Å². The van der Waals surface area contributed by atoms with Gasteiger partial charge in [-0.05, 0) is 50.3 Å². The third-order valence-electron chi connectivity index (χ3n) is 11.2. The van der Waals surface area contributed by atoms with Crippen molar-refractivity contribution >= 4 is 49.9 Å². The highest BCUT2D eigenvalue weighted by molar-refractivity contribution is 7.23. The van der Waals surface area contributed by atoms with Crippen LogP contribution in [0.25, 0.3) is 27.0 Å². The van der Waals surface area contributed by atoms with E-state index in [0.717, 1.165) is 25.5 Å². The number of amides is 1. The van der Waals surface area contributed by atoms with Crippen LogP contribution in [0.1, 0.15) is 44.1 Å². The molecule has 6 aliphatic rings. The second-order valence-corrected chi connectivity index (χ2v) is 15.6. The average Bonchev–Trinajstić information content (AvgIpc) is 3.38. The minimum Gasteiger partial charge on any atom is -0.465 e. The molecule has 5 aliphatic heterocycles. The Balaban J connectivity index is 1.28. The Morgan fingerprint density at radius 2 is 2.09 bits per heavy atom. The maximum absolute atomic E-state index is 17.7. The maximum Gasteiger partial charge on any atom is 0.409 e. The minimum absolute atomic E-state index is 0.00238. The first-order valence-electron chi connectivity index (χ1n) is 17.3. The van der Waals surface area contributed by atoms with Crippen LogP contribution in [0, 0.1) is 34.3 Å². The Bertz CT molecular complexity index is 2350. The van der Waals surface area contributed by atoms with Crippen molar-refractivity contribution in [2.75, 3.05) is 44.9 Å². The summed E-state index contributed by atoms with van der Waals surface area (Å²) in [4.78, 5) is 22.2. The molecule has 0 radical (unpaired) electrons. The number of carboxylic acid groups (broad SMARTS) is 1. The van der Waals surface area contributed by atoms with Gasteiger partial charge in [-0.25, -0.2) is 18.0 Å². The lowest BCUT2D eigenvalue weighted by molar-refractivity contribution is 0.0248. The quantitative estimate of drug-likeness (QED) is 0.323. The zero-order chi connectivity index (χ0) is 36.8. The first kappa shape index (κ1) is 34.1. The van der Waals surface area contributed by atoms with Crippen LogP contribution < -0.4 is 20.6 Å². The van der Waals surface area contributed by atoms with Gasteiger partial charge >= 0.3 is 12.0 Å². The molecule has 3 saturated heterocycles. The van der Waals surface area contributed by atoms with Gasteiger partial charge in [-0.3, -0.25) is 15.2 Å². The summed E-state index contributed by atoms with van der Waals surface area (Å²) >= 11 is 7.84. The first-order valence-corrected chi connectivity index (χ1v) is 18.5. The van der Waals surface area contributed by atoms with Gasteiger partial charge in [0, 0.05) is 30.5 Å². The third kappa shape index (κ3) is 5.21. The predicted octanol–water partition coefficient (Wildman–Crippen LogP) is 5.35. The van der Waals surface area contributed by atoms with E-state index in [0.29, 0.717) is 62.6 Å². The van der Waals surface area contributed by atoms with E-state index in [9.17, 15) is 24.8 Å². The molecule has 6 heterocycles. The van der Waals surface area contributed by atoms with E-state index in [1.54, 1.807) is 6.20 Å². The summed E-state index contributed by atoms with van der Waals surface area (Å²) in [5, 5.41) is 32.1. The van der Waals surface area contributed by atoms with Gasteiger partial charge in [0.2, 0.25) is 0 Å². The van der Waals surface area contributed by atoms with Crippen LogP contribution in [-0.4, -0.2) is 88.8 Å². The smallest absolute Gasteiger partial charge is 0.409 e. The molecule has 0 spiro atoms. The number of halogens is 4. The molecule has 12 nitrogen and oxygen atoms in total. The van der Waals surface area contributed by atoms with Gasteiger partial charge in [0.15, 0.2) is 11.6 Å². The Hall–Kier alpha value is -4.74. The minimum atomic E-state index is -1.46. The molecule has 1 amide bonds. The number of hydrogen-bond donors (Lipinski definition) is 2. The van der Waals surface area contributed by atoms with Crippen molar-refractivity contribution in [1.29, 1.82) is 10.5 Å². The summed E-state index contributed by atoms with van der Waals surface area (Å²) in [5.74, 6) is -1.64. The fourth-order valence-corrected chi connectivity index (χ4v) is 9.98. The van der Waals surface area contributed by atoms with Crippen LogP contribution in [0.4, 0.5) is 23.0 Å². The number of nitrogens with one attached hydrogen (secondary N) is 1. The zero-order valence-corrected chi connectivity index (χ0v) is 29.6. The van der Waals surface area contributed by atoms with E-state index < -0.39 is 35.0 Å². The molecule has 3 atom stereocenters. The van der Waals surface area contributed by atoms with E-state index in [-0.39, 0.29) is 78.4 Å². The molecule has 2 N–H and O–H groups in total. The van der Waals surface area contributed by atoms with Crippen molar-refractivity contribution in [1.82, 2.24) is 14.7 Å². The molecule has 1 saturated carbocycles. The SMILES string of the molecule is N#Cc1c(NC(=O)O)sc2c(F)ccc(-c3c(F)c4c5c(c3Cl)=NCN(C3(C#N)CC3)C=5N(C3CCOC3)C=C(OC[C@@]35CCCN3C[C@H](F)C5)O4)c12. The lowest BCUT2D eigenvalue weighted by Gasteiger charge is -2.39. The molecule has 1 unspecified atom stereocenters. The van der Waals surface area contributed by atoms with Gasteiger partial charge in [0.05, 0.1) is 56.3 Å². The zero-order valence-electron chi connectivity index (χ0n) is 28.1. The number of nitrogens with zero attached hydrogens (tertiary/aromatic N) is 6. The van der Waals surface area contributed by atoms with Crippen LogP contribution >= 0.6 is 22.9 Å². The van der Waals surface area contributed by atoms with Gasteiger partial charge in [-0.15, -0.1) is 11.3 Å². The van der Waals surface area contributed by atoms with Crippen LogP contribution in [0.5, 0.6) is 5.75 Å². The molecular formula is C36H31ClF3N7O5S. The van der Waals surface area contributed by atoms with Crippen LogP contribution in [0.15, 0.2) is 29.3 Å². The number of hydrogen-bond acceptors (Lipinski definition) is 11. The number of anilines is 1. The van der Waals surface area contributed by atoms with Gasteiger partial charge in [0.1, 0.15) is 47.7 Å². The van der Waals surface area contributed by atoms with Crippen LogP contribution in [-0.2, 0) is 9.47 Å². The topological polar surface area (TPSA) is 147 Å². The first-order chi connectivity index (χ1) is 25.6. The Labute approximate surface area is 309 Å². The molecule has 1 aliphatic carbocycles. The summed E-state index contributed by atoms with van der Waals surface area (Å²) in [5.41, 5.74) is -1.90. The molecule has 274 valence electrons. The fourth-order valence-electron chi connectivity index (χ4n) is 8.57. The number of benzene rings is 2. The second-order valence-electron chi connectivity index (χ2n) is 14.2. The number of thiophene rings is 1. The fraction of sp³-hybridized carbons (Fsp3) is 0.444. The Morgan fingerprint density at radius 3 is 2.81 bits per heavy atom. The molecular weight excluding hydrogens is 735 g/mol. The lowest BCUT2D eigenvalue weighted by Crippen LogP contribution is -2.52. The molecule has 1 aromatic heterocycles. The molecule has 53 heavy (non-hydrogen) atoms. The number of carbonyl (C=O) groups is 1. The standard InChI is InChI=1S/C36H31ClF3N7O5S/c37-27-25(20-2-3-22(39)31-24(20)21(11-41)32(53-31)44-34(48)49)28(40)30-26-29(27)43-17-47(35(15-42)6-7-35)33(26)46(19-4-9-50-14-19)13-23(52-30)51-16-36-5-1-8-45(36)12-18(38)10-36/h2-3,13,18-19,44H,1,4-10,12,14,16-17H2,(H,48,49)/t18-,19?,36+/m1/s1. The number of alkyl halides is 1. The number of fused-ring (bicyclic) bond motifs is 2. The summed E-state index contributed by atoms with van der Waals surface area (Å²) < 4.78 is 66.3. The monoisotopic (exact) mass is 765 g/mol. The molecule has 17 heteroatoms. The highest BCUT2D eigenvalue weighted by Crippen LogP contribution is 2.48. The van der Waals surface area contributed by atoms with Crippen molar-refractivity contribution in [3.63, 3.8) is 0 Å². The van der Waals surface area contributed by atoms with Gasteiger partial charge in [-0.2, -0.15) is 10.5 Å². The summed E-state index contributed by atoms with van der Waals surface area (Å²) in [7, 11) is 0. The largest absolute Gasteiger partial charge is 0.465 e. The lowest BCUT2D eigenvalue weighted by atomic mass is 9.95. The van der Waals surface area contributed by atoms with Crippen molar-refractivity contribution in [2.24, 2.45) is 4.99 Å². The normalized spacial score (nSPS) is 25.5. The number of nitriles is 2. The molecule has 2 aromatic carbocycles. The van der Waals surface area contributed by atoms with Crippen molar-refractivity contribution in [3.8, 4) is 29.0 Å². The van der Waals surface area contributed by atoms with Crippen LogP contribution in [0.3, 0.4) is 0 Å². The highest BCUT2D eigenvalue weighted by Gasteiger charge is 2.53. The van der Waals surface area contributed by atoms with Crippen LogP contribution in [0.2, 0.25) is 5.02 Å². The van der Waals surface area contributed by atoms with Gasteiger partial charge < -0.3 is 29.1 Å². The molecule has 4 fully saturated rings. The summed E-state index contributed by atoms with van der Waals surface area (Å²) in [6.07, 6.45) is 2.81. The average molecular weight is 766 g/mol. The summed E-state index contributed by atoms with van der Waals surface area (Å²) in [6.45, 7) is 1.93. The number of rotatable bonds is 7. The van der Waals surface area contributed by atoms with E-state index in [4.69, 9.17) is 30.8 Å². The molecule has 9 rings (SSSR count).